The summed E-state index contributed by atoms with van der Waals surface area (Å²) in [6, 6.07) is 8.82. The number of ether oxygens (including phenoxy) is 1. The molecule has 44 heavy (non-hydrogen) atoms. The van der Waals surface area contributed by atoms with Gasteiger partial charge in [0, 0.05) is 69.5 Å². The summed E-state index contributed by atoms with van der Waals surface area (Å²) in [5, 5.41) is 3.55. The van der Waals surface area contributed by atoms with Crippen molar-refractivity contribution in [2.75, 3.05) is 44.6 Å². The molecule has 2 aliphatic rings. The van der Waals surface area contributed by atoms with Gasteiger partial charge in [-0.15, -0.1) is 0 Å². The highest BCUT2D eigenvalue weighted by Crippen LogP contribution is 2.37. The number of halogens is 3. The van der Waals surface area contributed by atoms with Crippen molar-refractivity contribution < 1.29 is 22.7 Å². The minimum Gasteiger partial charge on any atom is -0.455 e. The minimum atomic E-state index is -4.54. The second-order valence-electron chi connectivity index (χ2n) is 11.4. The molecule has 0 spiro atoms. The zero-order valence-electron chi connectivity index (χ0n) is 25.0. The SMILES string of the molecule is CCN1CCN(Cc2ccc(NC(=O)N3CCc4nc(C)c(Oc5ccnc6[nH]ccc56)cc4C3C)cc2C(F)(F)F)CC1. The molecule has 0 radical (unpaired) electrons. The molecular weight excluding hydrogens is 571 g/mol. The molecule has 4 aromatic rings. The van der Waals surface area contributed by atoms with Crippen molar-refractivity contribution in [1.82, 2.24) is 29.7 Å². The van der Waals surface area contributed by atoms with Gasteiger partial charge in [-0.05, 0) is 61.9 Å². The lowest BCUT2D eigenvalue weighted by atomic mass is 9.97. The maximum Gasteiger partial charge on any atom is 0.416 e. The number of fused-ring (bicyclic) bond motifs is 2. The molecule has 0 bridgehead atoms. The van der Waals surface area contributed by atoms with E-state index in [0.29, 0.717) is 30.1 Å². The number of nitrogens with one attached hydrogen (secondary N) is 2. The molecule has 0 saturated carbocycles. The lowest BCUT2D eigenvalue weighted by molar-refractivity contribution is -0.138. The van der Waals surface area contributed by atoms with Gasteiger partial charge in [0.15, 0.2) is 0 Å². The number of alkyl halides is 3. The van der Waals surface area contributed by atoms with Gasteiger partial charge in [-0.25, -0.2) is 9.78 Å². The first-order valence-electron chi connectivity index (χ1n) is 14.9. The lowest BCUT2D eigenvalue weighted by Gasteiger charge is -2.35. The van der Waals surface area contributed by atoms with Crippen molar-refractivity contribution in [3.63, 3.8) is 0 Å². The number of pyridine rings is 2. The van der Waals surface area contributed by atoms with Crippen molar-refractivity contribution in [3.8, 4) is 11.5 Å². The van der Waals surface area contributed by atoms with Crippen LogP contribution in [0.3, 0.4) is 0 Å². The average molecular weight is 608 g/mol. The molecule has 6 rings (SSSR count). The fraction of sp³-hybridized carbons (Fsp3) is 0.406. The van der Waals surface area contributed by atoms with Crippen LogP contribution in [0.5, 0.6) is 11.5 Å². The number of benzene rings is 1. The predicted molar refractivity (Wildman–Crippen MR) is 162 cm³/mol. The Hall–Kier alpha value is -4.16. The molecule has 2 N–H and O–H groups in total. The molecule has 3 aromatic heterocycles. The maximum atomic E-state index is 14.1. The zero-order chi connectivity index (χ0) is 31.0. The smallest absolute Gasteiger partial charge is 0.416 e. The second kappa shape index (κ2) is 12.1. The van der Waals surface area contributed by atoms with E-state index < -0.39 is 17.8 Å². The minimum absolute atomic E-state index is 0.110. The van der Waals surface area contributed by atoms with Gasteiger partial charge in [0.25, 0.3) is 0 Å². The Bertz CT molecular complexity index is 1660. The first-order chi connectivity index (χ1) is 21.1. The highest BCUT2D eigenvalue weighted by Gasteiger charge is 2.35. The molecule has 2 aliphatic heterocycles. The van der Waals surface area contributed by atoms with Gasteiger partial charge in [0.05, 0.1) is 22.7 Å². The Morgan fingerprint density at radius 1 is 1.07 bits per heavy atom. The van der Waals surface area contributed by atoms with Gasteiger partial charge in [-0.2, -0.15) is 13.2 Å². The van der Waals surface area contributed by atoms with E-state index in [1.807, 2.05) is 30.9 Å². The predicted octanol–water partition coefficient (Wildman–Crippen LogP) is 6.37. The Morgan fingerprint density at radius 3 is 2.59 bits per heavy atom. The van der Waals surface area contributed by atoms with Crippen LogP contribution in [-0.4, -0.2) is 75.0 Å². The molecule has 1 aromatic carbocycles. The number of aromatic nitrogens is 3. The molecule has 1 atom stereocenters. The second-order valence-corrected chi connectivity index (χ2v) is 11.4. The summed E-state index contributed by atoms with van der Waals surface area (Å²) in [5.74, 6) is 1.19. The molecular formula is C32H36F3N7O2. The van der Waals surface area contributed by atoms with Gasteiger partial charge >= 0.3 is 12.2 Å². The number of piperazine rings is 1. The number of carbonyl (C=O) groups is 1. The monoisotopic (exact) mass is 607 g/mol. The standard InChI is InChI=1S/C32H36F3N7O2/c1-4-40-13-15-41(16-14-40)19-22-5-6-23(17-26(22)32(33,34)35)39-31(43)42-12-9-27-25(21(42)3)18-29(20(2)38-27)44-28-8-11-37-30-24(28)7-10-36-30/h5-8,10-11,17-18,21H,4,9,12-16,19H2,1-3H3,(H,36,37)(H,39,43). The summed E-state index contributed by atoms with van der Waals surface area (Å²) in [7, 11) is 0. The van der Waals surface area contributed by atoms with E-state index in [-0.39, 0.29) is 23.8 Å². The van der Waals surface area contributed by atoms with Crippen molar-refractivity contribution in [3.05, 3.63) is 76.9 Å². The topological polar surface area (TPSA) is 89.6 Å². The third-order valence-corrected chi connectivity index (χ3v) is 8.66. The summed E-state index contributed by atoms with van der Waals surface area (Å²) in [5.41, 5.74) is 2.73. The number of aryl methyl sites for hydroxylation is 1. The van der Waals surface area contributed by atoms with Crippen LogP contribution >= 0.6 is 0 Å². The van der Waals surface area contributed by atoms with Crippen molar-refractivity contribution in [2.45, 2.75) is 46.0 Å². The molecule has 1 saturated heterocycles. The van der Waals surface area contributed by atoms with Crippen molar-refractivity contribution in [1.29, 1.82) is 0 Å². The van der Waals surface area contributed by atoms with E-state index in [1.165, 1.54) is 6.07 Å². The van der Waals surface area contributed by atoms with Gasteiger partial charge < -0.3 is 24.8 Å². The largest absolute Gasteiger partial charge is 0.455 e. The Kier molecular flexibility index (Phi) is 8.21. The van der Waals surface area contributed by atoms with E-state index >= 15 is 0 Å². The highest BCUT2D eigenvalue weighted by atomic mass is 19.4. The number of nitrogens with zero attached hydrogens (tertiary/aromatic N) is 5. The first kappa shape index (κ1) is 29.9. The van der Waals surface area contributed by atoms with Crippen LogP contribution in [-0.2, 0) is 19.1 Å². The van der Waals surface area contributed by atoms with Crippen LogP contribution in [0.4, 0.5) is 23.7 Å². The number of carbonyl (C=O) groups excluding carboxylic acids is 1. The number of anilines is 1. The summed E-state index contributed by atoms with van der Waals surface area (Å²) >= 11 is 0. The average Bonchev–Trinajstić information content (AvgIpc) is 3.49. The van der Waals surface area contributed by atoms with Crippen LogP contribution in [0, 0.1) is 6.92 Å². The molecule has 0 aliphatic carbocycles. The molecule has 232 valence electrons. The number of aromatic amines is 1. The van der Waals surface area contributed by atoms with Crippen LogP contribution in [0.2, 0.25) is 0 Å². The fourth-order valence-electron chi connectivity index (χ4n) is 6.08. The first-order valence-corrected chi connectivity index (χ1v) is 14.9. The number of hydrogen-bond donors (Lipinski definition) is 2. The van der Waals surface area contributed by atoms with Crippen molar-refractivity contribution in [2.24, 2.45) is 0 Å². The highest BCUT2D eigenvalue weighted by molar-refractivity contribution is 5.90. The number of hydrogen-bond acceptors (Lipinski definition) is 6. The number of amides is 2. The quantitative estimate of drug-likeness (QED) is 0.265. The van der Waals surface area contributed by atoms with E-state index in [9.17, 15) is 18.0 Å². The third-order valence-electron chi connectivity index (χ3n) is 8.66. The maximum absolute atomic E-state index is 14.1. The van der Waals surface area contributed by atoms with Crippen LogP contribution in [0.15, 0.2) is 48.8 Å². The van der Waals surface area contributed by atoms with Gasteiger partial charge in [-0.3, -0.25) is 9.88 Å². The van der Waals surface area contributed by atoms with Gasteiger partial charge in [-0.1, -0.05) is 13.0 Å². The lowest BCUT2D eigenvalue weighted by Crippen LogP contribution is -2.45. The van der Waals surface area contributed by atoms with E-state index in [1.54, 1.807) is 29.4 Å². The van der Waals surface area contributed by atoms with Crippen LogP contribution in [0.1, 0.15) is 48.0 Å². The Balaban J connectivity index is 1.18. The third kappa shape index (κ3) is 6.09. The summed E-state index contributed by atoms with van der Waals surface area (Å²) < 4.78 is 48.7. The number of rotatable bonds is 6. The van der Waals surface area contributed by atoms with E-state index in [4.69, 9.17) is 9.72 Å². The normalized spacial score (nSPS) is 18.0. The number of urea groups is 1. The van der Waals surface area contributed by atoms with Crippen LogP contribution < -0.4 is 10.1 Å². The molecule has 12 heteroatoms. The van der Waals surface area contributed by atoms with Crippen molar-refractivity contribution >= 4 is 22.8 Å². The summed E-state index contributed by atoms with van der Waals surface area (Å²) in [6.45, 7) is 10.5. The fourth-order valence-corrected chi connectivity index (χ4v) is 6.08. The number of H-pyrrole nitrogens is 1. The van der Waals surface area contributed by atoms with Gasteiger partial charge in [0.2, 0.25) is 0 Å². The molecule has 5 heterocycles. The Morgan fingerprint density at radius 2 is 1.84 bits per heavy atom. The van der Waals surface area contributed by atoms with E-state index in [0.717, 1.165) is 61.1 Å². The number of likely N-dealkylation sites (N-methyl/N-ethyl adjacent to an activating group) is 1. The van der Waals surface area contributed by atoms with Gasteiger partial charge in [0.1, 0.15) is 17.1 Å². The zero-order valence-corrected chi connectivity index (χ0v) is 25.0. The summed E-state index contributed by atoms with van der Waals surface area (Å²) in [4.78, 5) is 31.5. The Labute approximate surface area is 254 Å². The van der Waals surface area contributed by atoms with E-state index in [2.05, 4.69) is 27.1 Å². The van der Waals surface area contributed by atoms with Crippen LogP contribution in [0.25, 0.3) is 11.0 Å². The summed E-state index contributed by atoms with van der Waals surface area (Å²) in [6.07, 6.45) is -0.571. The molecule has 2 amide bonds. The molecule has 1 unspecified atom stereocenters. The molecule has 9 nitrogen and oxygen atoms in total. The molecule has 1 fully saturated rings.